The van der Waals surface area contributed by atoms with Crippen molar-refractivity contribution >= 4 is 34.8 Å². The van der Waals surface area contributed by atoms with Gasteiger partial charge in [0, 0.05) is 24.2 Å². The third-order valence-electron chi connectivity index (χ3n) is 4.87. The van der Waals surface area contributed by atoms with E-state index in [2.05, 4.69) is 5.32 Å². The summed E-state index contributed by atoms with van der Waals surface area (Å²) in [6.45, 7) is 1.34. The summed E-state index contributed by atoms with van der Waals surface area (Å²) in [6.07, 6.45) is 3.19. The largest absolute Gasteiger partial charge is 0.459 e. The first kappa shape index (κ1) is 19.7. The molecule has 7 heteroatoms. The van der Waals surface area contributed by atoms with Gasteiger partial charge >= 0.3 is 0 Å². The smallest absolute Gasteiger partial charge is 0.289 e. The van der Waals surface area contributed by atoms with Gasteiger partial charge in [0.25, 0.3) is 5.91 Å². The van der Waals surface area contributed by atoms with Crippen molar-refractivity contribution in [3.63, 3.8) is 0 Å². The molecule has 0 bridgehead atoms. The number of ether oxygens (including phenoxy) is 1. The molecular weight excluding hydrogens is 411 g/mol. The number of hydrogen-bond donors (Lipinski definition) is 1. The van der Waals surface area contributed by atoms with E-state index >= 15 is 0 Å². The second-order valence-corrected chi connectivity index (χ2v) is 7.70. The van der Waals surface area contributed by atoms with E-state index in [9.17, 15) is 4.79 Å². The SMILES string of the molecule is O=C(c1ccco1)N1CCC(Nc2ccccc2Oc2ccc(Cl)cc2Cl)CC1. The fourth-order valence-corrected chi connectivity index (χ4v) is 3.80. The van der Waals surface area contributed by atoms with Crippen molar-refractivity contribution in [2.75, 3.05) is 18.4 Å². The number of furan rings is 1. The van der Waals surface area contributed by atoms with Gasteiger partial charge in [0.15, 0.2) is 11.5 Å². The lowest BCUT2D eigenvalue weighted by molar-refractivity contribution is 0.0686. The minimum absolute atomic E-state index is 0.0606. The summed E-state index contributed by atoms with van der Waals surface area (Å²) in [4.78, 5) is 14.2. The van der Waals surface area contributed by atoms with E-state index < -0.39 is 0 Å². The summed E-state index contributed by atoms with van der Waals surface area (Å²) in [5.41, 5.74) is 0.884. The van der Waals surface area contributed by atoms with E-state index in [-0.39, 0.29) is 11.9 Å². The number of rotatable bonds is 5. The molecule has 0 atom stereocenters. The van der Waals surface area contributed by atoms with Gasteiger partial charge in [-0.2, -0.15) is 0 Å². The summed E-state index contributed by atoms with van der Waals surface area (Å²) in [7, 11) is 0. The molecule has 2 aromatic carbocycles. The Morgan fingerprint density at radius 3 is 2.55 bits per heavy atom. The predicted octanol–water partition coefficient (Wildman–Crippen LogP) is 6.10. The molecule has 1 saturated heterocycles. The number of piperidine rings is 1. The van der Waals surface area contributed by atoms with Gasteiger partial charge in [-0.05, 0) is 55.3 Å². The Kier molecular flexibility index (Phi) is 5.97. The standard InChI is InChI=1S/C22H20Cl2N2O3/c23-15-7-8-19(17(24)14-15)29-20-5-2-1-4-18(20)25-16-9-11-26(12-10-16)22(27)21-6-3-13-28-21/h1-8,13-14,16,25H,9-12H2. The summed E-state index contributed by atoms with van der Waals surface area (Å²) >= 11 is 12.2. The van der Waals surface area contributed by atoms with Crippen molar-refractivity contribution in [3.05, 3.63) is 76.7 Å². The van der Waals surface area contributed by atoms with Crippen molar-refractivity contribution < 1.29 is 13.9 Å². The zero-order valence-corrected chi connectivity index (χ0v) is 17.1. The summed E-state index contributed by atoms with van der Waals surface area (Å²) in [5, 5.41) is 4.55. The fraction of sp³-hybridized carbons (Fsp3) is 0.227. The molecule has 5 nitrogen and oxygen atoms in total. The summed E-state index contributed by atoms with van der Waals surface area (Å²) in [5.74, 6) is 1.56. The Labute approximate surface area is 179 Å². The predicted molar refractivity (Wildman–Crippen MR) is 114 cm³/mol. The minimum atomic E-state index is -0.0606. The molecule has 1 fully saturated rings. The number of carbonyl (C=O) groups is 1. The number of carbonyl (C=O) groups excluding carboxylic acids is 1. The molecule has 1 aromatic heterocycles. The fourth-order valence-electron chi connectivity index (χ4n) is 3.35. The maximum atomic E-state index is 12.4. The minimum Gasteiger partial charge on any atom is -0.459 e. The van der Waals surface area contributed by atoms with Crippen LogP contribution in [-0.2, 0) is 0 Å². The lowest BCUT2D eigenvalue weighted by Gasteiger charge is -2.32. The van der Waals surface area contributed by atoms with Crippen LogP contribution in [0.25, 0.3) is 0 Å². The van der Waals surface area contributed by atoms with Gasteiger partial charge in [0.05, 0.1) is 17.0 Å². The third-order valence-corrected chi connectivity index (χ3v) is 5.41. The molecular formula is C22H20Cl2N2O3. The molecule has 1 amide bonds. The Hall–Kier alpha value is -2.63. The molecule has 3 aromatic rings. The maximum Gasteiger partial charge on any atom is 0.289 e. The number of halogens is 2. The van der Waals surface area contributed by atoms with Gasteiger partial charge in [-0.25, -0.2) is 0 Å². The van der Waals surface area contributed by atoms with Gasteiger partial charge < -0.3 is 19.4 Å². The second-order valence-electron chi connectivity index (χ2n) is 6.86. The van der Waals surface area contributed by atoms with E-state index in [4.69, 9.17) is 32.4 Å². The molecule has 1 aliphatic heterocycles. The van der Waals surface area contributed by atoms with E-state index in [1.807, 2.05) is 29.2 Å². The first-order valence-corrected chi connectivity index (χ1v) is 10.2. The van der Waals surface area contributed by atoms with Crippen LogP contribution >= 0.6 is 23.2 Å². The Balaban J connectivity index is 1.40. The van der Waals surface area contributed by atoms with Crippen LogP contribution in [-0.4, -0.2) is 29.9 Å². The van der Waals surface area contributed by atoms with Crippen molar-refractivity contribution in [2.45, 2.75) is 18.9 Å². The highest BCUT2D eigenvalue weighted by molar-refractivity contribution is 6.35. The molecule has 0 aliphatic carbocycles. The summed E-state index contributed by atoms with van der Waals surface area (Å²) < 4.78 is 11.2. The Bertz CT molecular complexity index is 983. The molecule has 0 unspecified atom stereocenters. The van der Waals surface area contributed by atoms with Crippen LogP contribution in [0, 0.1) is 0 Å². The molecule has 1 aliphatic rings. The molecule has 0 spiro atoms. The zero-order valence-electron chi connectivity index (χ0n) is 15.6. The van der Waals surface area contributed by atoms with Crippen LogP contribution in [0.15, 0.2) is 65.3 Å². The molecule has 4 rings (SSSR count). The number of amides is 1. The highest BCUT2D eigenvalue weighted by Gasteiger charge is 2.25. The van der Waals surface area contributed by atoms with Gasteiger partial charge in [0.1, 0.15) is 5.75 Å². The third kappa shape index (κ3) is 4.69. The quantitative estimate of drug-likeness (QED) is 0.531. The lowest BCUT2D eigenvalue weighted by Crippen LogP contribution is -2.42. The van der Waals surface area contributed by atoms with Crippen molar-refractivity contribution in [2.24, 2.45) is 0 Å². The normalized spacial score (nSPS) is 14.6. The average Bonchev–Trinajstić information content (AvgIpc) is 3.26. The Morgan fingerprint density at radius 1 is 1.03 bits per heavy atom. The number of benzene rings is 2. The first-order chi connectivity index (χ1) is 14.1. The maximum absolute atomic E-state index is 12.4. The van der Waals surface area contributed by atoms with Gasteiger partial charge in [-0.1, -0.05) is 35.3 Å². The van der Waals surface area contributed by atoms with Crippen molar-refractivity contribution in [1.29, 1.82) is 0 Å². The van der Waals surface area contributed by atoms with Crippen molar-refractivity contribution in [1.82, 2.24) is 4.90 Å². The van der Waals surface area contributed by atoms with Crippen LogP contribution in [0.3, 0.4) is 0 Å². The molecule has 2 heterocycles. The van der Waals surface area contributed by atoms with Crippen LogP contribution in [0.5, 0.6) is 11.5 Å². The topological polar surface area (TPSA) is 54.7 Å². The molecule has 29 heavy (non-hydrogen) atoms. The lowest BCUT2D eigenvalue weighted by atomic mass is 10.0. The van der Waals surface area contributed by atoms with E-state index in [1.54, 1.807) is 30.3 Å². The van der Waals surface area contributed by atoms with E-state index in [0.717, 1.165) is 18.5 Å². The molecule has 150 valence electrons. The van der Waals surface area contributed by atoms with Crippen LogP contribution < -0.4 is 10.1 Å². The van der Waals surface area contributed by atoms with E-state index in [1.165, 1.54) is 6.26 Å². The van der Waals surface area contributed by atoms with Crippen LogP contribution in [0.4, 0.5) is 5.69 Å². The molecule has 1 N–H and O–H groups in total. The summed E-state index contributed by atoms with van der Waals surface area (Å²) in [6, 6.07) is 16.5. The van der Waals surface area contributed by atoms with Crippen molar-refractivity contribution in [3.8, 4) is 11.5 Å². The van der Waals surface area contributed by atoms with Gasteiger partial charge in [0.2, 0.25) is 0 Å². The highest BCUT2D eigenvalue weighted by Crippen LogP contribution is 2.35. The van der Waals surface area contributed by atoms with Crippen LogP contribution in [0.2, 0.25) is 10.0 Å². The zero-order chi connectivity index (χ0) is 20.2. The number of likely N-dealkylation sites (tertiary alicyclic amines) is 1. The van der Waals surface area contributed by atoms with Gasteiger partial charge in [-0.15, -0.1) is 0 Å². The van der Waals surface area contributed by atoms with Gasteiger partial charge in [-0.3, -0.25) is 4.79 Å². The molecule has 0 saturated carbocycles. The number of para-hydroxylation sites is 2. The van der Waals surface area contributed by atoms with E-state index in [0.29, 0.717) is 40.4 Å². The van der Waals surface area contributed by atoms with Crippen LogP contribution in [0.1, 0.15) is 23.4 Å². The number of anilines is 1. The molecule has 0 radical (unpaired) electrons. The second kappa shape index (κ2) is 8.80. The number of nitrogens with one attached hydrogen (secondary N) is 1. The number of hydrogen-bond acceptors (Lipinski definition) is 4. The Morgan fingerprint density at radius 2 is 1.83 bits per heavy atom. The average molecular weight is 431 g/mol. The highest BCUT2D eigenvalue weighted by atomic mass is 35.5. The first-order valence-electron chi connectivity index (χ1n) is 9.41. The monoisotopic (exact) mass is 430 g/mol. The number of nitrogens with zero attached hydrogens (tertiary/aromatic N) is 1.